The summed E-state index contributed by atoms with van der Waals surface area (Å²) < 4.78 is 0. The van der Waals surface area contributed by atoms with Gasteiger partial charge in [0.05, 0.1) is 39.0 Å². The molecule has 5 heterocycles. The SMILES string of the molecule is Cc1ncsc1-c1ccc(CNC(=O)[C@@H]2C[C@@H](O)CN2C(=O)[C@H](NC(=O)CCCCCCCCCCCNC(=O)C2CCC(NC(=O)c3cnc(Nc4ccc5cnccc5n4)cc3NC3CC3)CC2)C(C)(C)C)cc1. The molecule has 18 heteroatoms. The van der Waals surface area contributed by atoms with Crippen molar-refractivity contribution < 1.29 is 29.1 Å². The first-order chi connectivity index (χ1) is 36.7. The van der Waals surface area contributed by atoms with Gasteiger partial charge in [0.25, 0.3) is 5.91 Å². The van der Waals surface area contributed by atoms with Crippen LogP contribution in [-0.4, -0.2) is 103 Å². The van der Waals surface area contributed by atoms with Crippen molar-refractivity contribution in [2.24, 2.45) is 11.3 Å². The Kier molecular flexibility index (Phi) is 19.4. The number of nitrogens with one attached hydrogen (secondary N) is 6. The molecule has 2 aliphatic carbocycles. The number of likely N-dealkylation sites (tertiary alicyclic amines) is 1. The second-order valence-electron chi connectivity index (χ2n) is 22.1. The van der Waals surface area contributed by atoms with Crippen molar-refractivity contribution in [2.75, 3.05) is 23.7 Å². The lowest BCUT2D eigenvalue weighted by Gasteiger charge is -2.35. The summed E-state index contributed by atoms with van der Waals surface area (Å²) in [5, 5.41) is 30.6. The predicted octanol–water partition coefficient (Wildman–Crippen LogP) is 8.89. The number of aliphatic hydroxyl groups is 1. The molecule has 7 N–H and O–H groups in total. The lowest BCUT2D eigenvalue weighted by Crippen LogP contribution is -2.57. The molecule has 0 radical (unpaired) electrons. The Morgan fingerprint density at radius 2 is 1.50 bits per heavy atom. The summed E-state index contributed by atoms with van der Waals surface area (Å²) in [6.45, 7) is 8.66. The zero-order valence-electron chi connectivity index (χ0n) is 44.7. The molecule has 2 saturated carbocycles. The molecular formula is C58H77N11O6S. The van der Waals surface area contributed by atoms with E-state index in [1.807, 2.05) is 81.7 Å². The standard InChI is InChI=1S/C58H77N11O6S/c1-37-52(76-36-63-37)39-17-15-38(16-18-39)32-62-56(74)48-30-44(70)35-69(48)57(75)53(58(2,3)4)68-51(71)14-12-10-8-6-5-7-9-11-13-28-60-54(72)40-19-22-43(23-20-40)65-55(73)45-34-61-50(31-47(45)64-42-24-25-42)67-49-26-21-41-33-59-29-27-46(41)66-49/h15-18,21,26-27,29,31,33-34,36,40,42-44,48,53,70H,5-14,19-20,22-25,28,30,32,35H2,1-4H3,(H,60,72)(H,62,74)(H,65,73)(H,68,71)(H2,61,64,66,67)/t40?,43?,44-,48+,53+/m1/s1. The molecule has 5 aromatic rings. The van der Waals surface area contributed by atoms with Gasteiger partial charge in [0.2, 0.25) is 23.6 Å². The van der Waals surface area contributed by atoms with Crippen LogP contribution in [0.15, 0.2) is 72.6 Å². The lowest BCUT2D eigenvalue weighted by atomic mass is 9.85. The van der Waals surface area contributed by atoms with E-state index in [0.717, 1.165) is 135 Å². The number of thiazole rings is 1. The first-order valence-electron chi connectivity index (χ1n) is 27.6. The third-order valence-corrected chi connectivity index (χ3v) is 15.8. The topological polar surface area (TPSA) is 233 Å². The number of aliphatic hydroxyl groups excluding tert-OH is 1. The molecule has 1 saturated heterocycles. The summed E-state index contributed by atoms with van der Waals surface area (Å²) in [7, 11) is 0. The van der Waals surface area contributed by atoms with Gasteiger partial charge in [-0.2, -0.15) is 0 Å². The van der Waals surface area contributed by atoms with Gasteiger partial charge in [-0.15, -0.1) is 11.3 Å². The Hall–Kier alpha value is -6.53. The van der Waals surface area contributed by atoms with Gasteiger partial charge in [0, 0.05) is 80.5 Å². The lowest BCUT2D eigenvalue weighted by molar-refractivity contribution is -0.144. The van der Waals surface area contributed by atoms with Crippen molar-refractivity contribution in [2.45, 2.75) is 174 Å². The summed E-state index contributed by atoms with van der Waals surface area (Å²) in [6.07, 6.45) is 18.9. The molecule has 1 aromatic carbocycles. The number of β-amino-alcohol motifs (C(OH)–C–C–N with tert-alkyl or cyclic N) is 1. The van der Waals surface area contributed by atoms with E-state index in [-0.39, 0.29) is 61.0 Å². The van der Waals surface area contributed by atoms with E-state index in [1.165, 1.54) is 4.90 Å². The number of unbranched alkanes of at least 4 members (excludes halogenated alkanes) is 8. The number of hydrogen-bond acceptors (Lipinski definition) is 13. The highest BCUT2D eigenvalue weighted by Gasteiger charge is 2.44. The van der Waals surface area contributed by atoms with Gasteiger partial charge in [0.1, 0.15) is 23.7 Å². The third kappa shape index (κ3) is 15.8. The first kappa shape index (κ1) is 55.7. The number of fused-ring (bicyclic) bond motifs is 1. The second kappa shape index (κ2) is 26.5. The highest BCUT2D eigenvalue weighted by Crippen LogP contribution is 2.32. The molecular weight excluding hydrogens is 979 g/mol. The number of pyridine rings is 3. The van der Waals surface area contributed by atoms with Crippen LogP contribution >= 0.6 is 11.3 Å². The van der Waals surface area contributed by atoms with Gasteiger partial charge in [-0.05, 0) is 93.0 Å². The van der Waals surface area contributed by atoms with E-state index < -0.39 is 23.6 Å². The van der Waals surface area contributed by atoms with Crippen molar-refractivity contribution in [3.8, 4) is 10.4 Å². The summed E-state index contributed by atoms with van der Waals surface area (Å²) in [6, 6.07) is 14.2. The van der Waals surface area contributed by atoms with Crippen LogP contribution in [0.1, 0.15) is 152 Å². The van der Waals surface area contributed by atoms with Crippen molar-refractivity contribution in [3.63, 3.8) is 0 Å². The monoisotopic (exact) mass is 1060 g/mol. The number of amides is 5. The molecule has 3 atom stereocenters. The minimum atomic E-state index is -0.848. The fourth-order valence-electron chi connectivity index (χ4n) is 10.2. The molecule has 17 nitrogen and oxygen atoms in total. The van der Waals surface area contributed by atoms with Crippen molar-refractivity contribution >= 4 is 69.1 Å². The van der Waals surface area contributed by atoms with E-state index in [0.29, 0.717) is 36.2 Å². The number of hydrogen-bond donors (Lipinski definition) is 7. The number of aryl methyl sites for hydroxylation is 1. The van der Waals surface area contributed by atoms with Crippen LogP contribution in [0, 0.1) is 18.3 Å². The van der Waals surface area contributed by atoms with Gasteiger partial charge in [0.15, 0.2) is 0 Å². The molecule has 1 aliphatic heterocycles. The Labute approximate surface area is 451 Å². The number of anilines is 3. The maximum Gasteiger partial charge on any atom is 0.255 e. The minimum absolute atomic E-state index is 0.00207. The van der Waals surface area contributed by atoms with Crippen molar-refractivity contribution in [3.05, 3.63) is 89.5 Å². The number of nitrogens with zero attached hydrogens (tertiary/aromatic N) is 5. The average Bonchev–Trinajstić information content (AvgIpc) is 3.98. The molecule has 4 aromatic heterocycles. The molecule has 5 amide bonds. The number of aromatic nitrogens is 4. The van der Waals surface area contributed by atoms with Gasteiger partial charge < -0.3 is 41.9 Å². The van der Waals surface area contributed by atoms with Crippen LogP contribution in [0.3, 0.4) is 0 Å². The Morgan fingerprint density at radius 1 is 0.789 bits per heavy atom. The maximum absolute atomic E-state index is 14.0. The summed E-state index contributed by atoms with van der Waals surface area (Å²) in [5.74, 6) is 0.276. The summed E-state index contributed by atoms with van der Waals surface area (Å²) in [4.78, 5) is 87.6. The first-order valence-corrected chi connectivity index (χ1v) is 28.4. The van der Waals surface area contributed by atoms with E-state index in [1.54, 1.807) is 29.9 Å². The molecule has 0 spiro atoms. The van der Waals surface area contributed by atoms with Gasteiger partial charge in [-0.3, -0.25) is 29.0 Å². The Morgan fingerprint density at radius 3 is 2.20 bits per heavy atom. The number of carbonyl (C=O) groups is 5. The van der Waals surface area contributed by atoms with Crippen LogP contribution in [0.4, 0.5) is 17.3 Å². The van der Waals surface area contributed by atoms with Crippen LogP contribution in [-0.2, 0) is 25.7 Å². The van der Waals surface area contributed by atoms with E-state index >= 15 is 0 Å². The largest absolute Gasteiger partial charge is 0.391 e. The number of carbonyl (C=O) groups excluding carboxylic acids is 5. The zero-order valence-corrected chi connectivity index (χ0v) is 45.5. The smallest absolute Gasteiger partial charge is 0.255 e. The quantitative estimate of drug-likeness (QED) is 0.0272. The van der Waals surface area contributed by atoms with Crippen LogP contribution < -0.4 is 31.9 Å². The Balaban J connectivity index is 0.656. The van der Waals surface area contributed by atoms with E-state index in [9.17, 15) is 29.1 Å². The highest BCUT2D eigenvalue weighted by molar-refractivity contribution is 7.13. The van der Waals surface area contributed by atoms with Crippen LogP contribution in [0.5, 0.6) is 0 Å². The minimum Gasteiger partial charge on any atom is -0.391 e. The molecule has 8 rings (SSSR count). The molecule has 0 bridgehead atoms. The van der Waals surface area contributed by atoms with Crippen LogP contribution in [0.25, 0.3) is 21.3 Å². The zero-order chi connectivity index (χ0) is 53.6. The summed E-state index contributed by atoms with van der Waals surface area (Å²) >= 11 is 1.58. The second-order valence-corrected chi connectivity index (χ2v) is 23.0. The van der Waals surface area contributed by atoms with Crippen molar-refractivity contribution in [1.82, 2.24) is 46.1 Å². The van der Waals surface area contributed by atoms with Gasteiger partial charge >= 0.3 is 0 Å². The fourth-order valence-corrected chi connectivity index (χ4v) is 11.0. The summed E-state index contributed by atoms with van der Waals surface area (Å²) in [5.41, 5.74) is 6.24. The molecule has 0 unspecified atom stereocenters. The number of benzene rings is 1. The predicted molar refractivity (Wildman–Crippen MR) is 298 cm³/mol. The van der Waals surface area contributed by atoms with Crippen LogP contribution in [0.2, 0.25) is 0 Å². The average molecular weight is 1060 g/mol. The molecule has 3 fully saturated rings. The fraction of sp³-hybridized carbons (Fsp3) is 0.534. The van der Waals surface area contributed by atoms with E-state index in [4.69, 9.17) is 0 Å². The molecule has 3 aliphatic rings. The van der Waals surface area contributed by atoms with E-state index in [2.05, 4.69) is 51.8 Å². The molecule has 406 valence electrons. The van der Waals surface area contributed by atoms with Crippen molar-refractivity contribution in [1.29, 1.82) is 0 Å². The Bertz CT molecular complexity index is 2770. The normalized spacial score (nSPS) is 18.9. The highest BCUT2D eigenvalue weighted by atomic mass is 32.1. The molecule has 76 heavy (non-hydrogen) atoms. The van der Waals surface area contributed by atoms with Gasteiger partial charge in [-0.25, -0.2) is 15.0 Å². The van der Waals surface area contributed by atoms with Gasteiger partial charge in [-0.1, -0.05) is 90.0 Å². The number of rotatable bonds is 25. The maximum atomic E-state index is 14.0. The third-order valence-electron chi connectivity index (χ3n) is 14.9.